The molecule has 0 radical (unpaired) electrons. The minimum atomic E-state index is -0.705. The number of rotatable bonds is 4. The molecule has 1 amide bonds. The fraction of sp³-hybridized carbons (Fsp3) is 0.133. The van der Waals surface area contributed by atoms with E-state index in [0.29, 0.717) is 10.7 Å². The van der Waals surface area contributed by atoms with Gasteiger partial charge in [-0.1, -0.05) is 17.7 Å². The Labute approximate surface area is 125 Å². The van der Waals surface area contributed by atoms with E-state index >= 15 is 0 Å². The predicted molar refractivity (Wildman–Crippen MR) is 79.7 cm³/mol. The molecule has 0 fully saturated rings. The molecule has 0 unspecified atom stereocenters. The molecule has 2 rings (SSSR count). The van der Waals surface area contributed by atoms with Crippen molar-refractivity contribution in [3.05, 3.63) is 58.6 Å². The van der Waals surface area contributed by atoms with Gasteiger partial charge < -0.3 is 10.6 Å². The van der Waals surface area contributed by atoms with Crippen molar-refractivity contribution < 1.29 is 13.6 Å². The summed E-state index contributed by atoms with van der Waals surface area (Å²) in [6.07, 6.45) is 0. The quantitative estimate of drug-likeness (QED) is 0.897. The highest BCUT2D eigenvalue weighted by Crippen LogP contribution is 2.20. The largest absolute Gasteiger partial charge is 0.376 e. The summed E-state index contributed by atoms with van der Waals surface area (Å²) in [7, 11) is 0. The lowest BCUT2D eigenvalue weighted by molar-refractivity contribution is -0.114. The molecular weight excluding hydrogens is 298 g/mol. The second-order valence-electron chi connectivity index (χ2n) is 4.52. The van der Waals surface area contributed by atoms with Crippen molar-refractivity contribution in [1.82, 2.24) is 0 Å². The van der Waals surface area contributed by atoms with Crippen LogP contribution in [0.15, 0.2) is 36.4 Å². The molecule has 2 aromatic rings. The van der Waals surface area contributed by atoms with Gasteiger partial charge in [0.15, 0.2) is 0 Å². The lowest BCUT2D eigenvalue weighted by Gasteiger charge is -2.10. The molecule has 0 saturated heterocycles. The number of anilines is 2. The zero-order valence-corrected chi connectivity index (χ0v) is 12.0. The molecule has 0 saturated carbocycles. The summed E-state index contributed by atoms with van der Waals surface area (Å²) in [4.78, 5) is 11.8. The number of nitrogens with one attached hydrogen (secondary N) is 2. The molecule has 2 N–H and O–H groups in total. The van der Waals surface area contributed by atoms with Crippen LogP contribution in [-0.4, -0.2) is 12.5 Å². The maximum atomic E-state index is 13.0. The van der Waals surface area contributed by atoms with Gasteiger partial charge >= 0.3 is 0 Å². The van der Waals surface area contributed by atoms with Gasteiger partial charge in [0.2, 0.25) is 5.91 Å². The first kappa shape index (κ1) is 15.3. The van der Waals surface area contributed by atoms with Gasteiger partial charge in [-0.3, -0.25) is 4.79 Å². The number of aryl methyl sites for hydroxylation is 1. The second kappa shape index (κ2) is 6.54. The number of halogens is 3. The minimum Gasteiger partial charge on any atom is -0.376 e. The van der Waals surface area contributed by atoms with Gasteiger partial charge in [0, 0.05) is 22.5 Å². The average molecular weight is 311 g/mol. The van der Waals surface area contributed by atoms with Gasteiger partial charge in [-0.15, -0.1) is 0 Å². The highest BCUT2D eigenvalue weighted by Gasteiger charge is 2.06. The molecule has 21 heavy (non-hydrogen) atoms. The third-order valence-electron chi connectivity index (χ3n) is 2.79. The molecule has 0 atom stereocenters. The van der Waals surface area contributed by atoms with Crippen LogP contribution < -0.4 is 10.6 Å². The molecule has 6 heteroatoms. The third-order valence-corrected chi connectivity index (χ3v) is 3.02. The summed E-state index contributed by atoms with van der Waals surface area (Å²) < 4.78 is 26.0. The smallest absolute Gasteiger partial charge is 0.243 e. The van der Waals surface area contributed by atoms with E-state index in [9.17, 15) is 13.6 Å². The zero-order chi connectivity index (χ0) is 15.4. The van der Waals surface area contributed by atoms with Gasteiger partial charge in [0.05, 0.1) is 6.54 Å². The van der Waals surface area contributed by atoms with E-state index < -0.39 is 11.6 Å². The lowest BCUT2D eigenvalue weighted by Crippen LogP contribution is -2.22. The lowest BCUT2D eigenvalue weighted by atomic mass is 10.2. The molecule has 0 aliphatic heterocycles. The summed E-state index contributed by atoms with van der Waals surface area (Å²) in [6, 6.07) is 8.13. The Morgan fingerprint density at radius 2 is 1.81 bits per heavy atom. The van der Waals surface area contributed by atoms with E-state index in [0.717, 1.165) is 23.8 Å². The van der Waals surface area contributed by atoms with Crippen LogP contribution in [0.1, 0.15) is 5.56 Å². The topological polar surface area (TPSA) is 41.1 Å². The van der Waals surface area contributed by atoms with Crippen LogP contribution in [0.4, 0.5) is 20.2 Å². The Morgan fingerprint density at radius 3 is 2.48 bits per heavy atom. The highest BCUT2D eigenvalue weighted by atomic mass is 35.5. The predicted octanol–water partition coefficient (Wildman–Crippen LogP) is 3.98. The minimum absolute atomic E-state index is 0.116. The maximum absolute atomic E-state index is 13.0. The summed E-state index contributed by atoms with van der Waals surface area (Å²) in [5, 5.41) is 5.84. The zero-order valence-electron chi connectivity index (χ0n) is 11.2. The van der Waals surface area contributed by atoms with Crippen molar-refractivity contribution in [3.63, 3.8) is 0 Å². The Balaban J connectivity index is 1.97. The monoisotopic (exact) mass is 310 g/mol. The van der Waals surface area contributed by atoms with E-state index in [4.69, 9.17) is 11.6 Å². The normalized spacial score (nSPS) is 10.3. The first-order chi connectivity index (χ1) is 9.94. The van der Waals surface area contributed by atoms with Crippen molar-refractivity contribution >= 4 is 28.9 Å². The molecule has 110 valence electrons. The Morgan fingerprint density at radius 1 is 1.14 bits per heavy atom. The second-order valence-corrected chi connectivity index (χ2v) is 4.96. The fourth-order valence-corrected chi connectivity index (χ4v) is 1.93. The average Bonchev–Trinajstić information content (AvgIpc) is 2.40. The molecule has 0 aromatic heterocycles. The SMILES string of the molecule is Cc1ccc(Cl)cc1NC(=O)CNc1cc(F)cc(F)c1. The number of benzene rings is 2. The molecule has 0 spiro atoms. The number of amides is 1. The van der Waals surface area contributed by atoms with E-state index in [2.05, 4.69) is 10.6 Å². The molecule has 3 nitrogen and oxygen atoms in total. The van der Waals surface area contributed by atoms with Gasteiger partial charge in [-0.05, 0) is 36.8 Å². The van der Waals surface area contributed by atoms with Gasteiger partial charge in [-0.25, -0.2) is 8.78 Å². The molecule has 0 heterocycles. The summed E-state index contributed by atoms with van der Waals surface area (Å²) >= 11 is 5.86. The fourth-order valence-electron chi connectivity index (χ4n) is 1.76. The molecule has 0 aliphatic rings. The van der Waals surface area contributed by atoms with Crippen LogP contribution in [0.2, 0.25) is 5.02 Å². The van der Waals surface area contributed by atoms with Crippen LogP contribution >= 0.6 is 11.6 Å². The van der Waals surface area contributed by atoms with Gasteiger partial charge in [0.25, 0.3) is 0 Å². The number of hydrogen-bond donors (Lipinski definition) is 2. The van der Waals surface area contributed by atoms with E-state index in [1.54, 1.807) is 18.2 Å². The number of carbonyl (C=O) groups is 1. The van der Waals surface area contributed by atoms with E-state index in [1.165, 1.54) is 0 Å². The highest BCUT2D eigenvalue weighted by molar-refractivity contribution is 6.31. The molecule has 2 aromatic carbocycles. The van der Waals surface area contributed by atoms with Crippen LogP contribution in [0.3, 0.4) is 0 Å². The standard InChI is InChI=1S/C15H13ClF2N2O/c1-9-2-3-10(16)4-14(9)20-15(21)8-19-13-6-11(17)5-12(18)7-13/h2-7,19H,8H2,1H3,(H,20,21). The van der Waals surface area contributed by atoms with Crippen molar-refractivity contribution in [2.24, 2.45) is 0 Å². The summed E-state index contributed by atoms with van der Waals surface area (Å²) in [5.41, 5.74) is 1.66. The molecule has 0 aliphatic carbocycles. The van der Waals surface area contributed by atoms with Crippen LogP contribution in [-0.2, 0) is 4.79 Å². The van der Waals surface area contributed by atoms with Gasteiger partial charge in [-0.2, -0.15) is 0 Å². The van der Waals surface area contributed by atoms with Gasteiger partial charge in [0.1, 0.15) is 11.6 Å². The van der Waals surface area contributed by atoms with E-state index in [-0.39, 0.29) is 18.1 Å². The van der Waals surface area contributed by atoms with Crippen molar-refractivity contribution in [2.75, 3.05) is 17.2 Å². The van der Waals surface area contributed by atoms with Crippen LogP contribution in [0.5, 0.6) is 0 Å². The van der Waals surface area contributed by atoms with Crippen LogP contribution in [0.25, 0.3) is 0 Å². The van der Waals surface area contributed by atoms with Crippen molar-refractivity contribution in [2.45, 2.75) is 6.92 Å². The summed E-state index contributed by atoms with van der Waals surface area (Å²) in [6.45, 7) is 1.72. The molecular formula is C15H13ClF2N2O. The number of carbonyl (C=O) groups excluding carboxylic acids is 1. The van der Waals surface area contributed by atoms with Crippen LogP contribution in [0, 0.1) is 18.6 Å². The summed E-state index contributed by atoms with van der Waals surface area (Å²) in [5.74, 6) is -1.75. The van der Waals surface area contributed by atoms with Crippen molar-refractivity contribution in [1.29, 1.82) is 0 Å². The third kappa shape index (κ3) is 4.43. The first-order valence-corrected chi connectivity index (χ1v) is 6.58. The first-order valence-electron chi connectivity index (χ1n) is 6.20. The Bertz CT molecular complexity index is 656. The van der Waals surface area contributed by atoms with E-state index in [1.807, 2.05) is 6.92 Å². The maximum Gasteiger partial charge on any atom is 0.243 e. The Hall–Kier alpha value is -2.14. The Kier molecular flexibility index (Phi) is 4.75. The van der Waals surface area contributed by atoms with Crippen molar-refractivity contribution in [3.8, 4) is 0 Å². The number of hydrogen-bond acceptors (Lipinski definition) is 2. The molecule has 0 bridgehead atoms.